The topological polar surface area (TPSA) is 38.0 Å². The molecule has 0 aliphatic heterocycles. The summed E-state index contributed by atoms with van der Waals surface area (Å²) in [5.41, 5.74) is 2.91. The first-order valence-corrected chi connectivity index (χ1v) is 7.89. The molecule has 0 radical (unpaired) electrons. The average molecular weight is 294 g/mol. The third kappa shape index (κ3) is 2.77. The average Bonchev–Trinajstić information content (AvgIpc) is 2.93. The number of aliphatic hydroxyl groups is 1. The third-order valence-electron chi connectivity index (χ3n) is 4.24. The van der Waals surface area contributed by atoms with Gasteiger partial charge in [0.2, 0.25) is 0 Å². The molecule has 0 bridgehead atoms. The van der Waals surface area contributed by atoms with Gasteiger partial charge in [-0.3, -0.25) is 0 Å². The standard InChI is InChI=1S/C19H22N2O/c1-3-14(2)13-21-17-12-8-7-11-16(17)20-19(21)18(22)15-9-5-4-6-10-15/h4-12,14,18,22H,3,13H2,1-2H3/t14-,18-/m1/s1. The van der Waals surface area contributed by atoms with Crippen LogP contribution in [0.4, 0.5) is 0 Å². The van der Waals surface area contributed by atoms with Crippen molar-refractivity contribution in [3.05, 3.63) is 66.0 Å². The van der Waals surface area contributed by atoms with Gasteiger partial charge in [0.15, 0.2) is 0 Å². The fraction of sp³-hybridized carbons (Fsp3) is 0.316. The first kappa shape index (κ1) is 14.8. The summed E-state index contributed by atoms with van der Waals surface area (Å²) in [5.74, 6) is 1.27. The van der Waals surface area contributed by atoms with Gasteiger partial charge in [-0.25, -0.2) is 4.98 Å². The summed E-state index contributed by atoms with van der Waals surface area (Å²) in [7, 11) is 0. The van der Waals surface area contributed by atoms with E-state index in [0.29, 0.717) is 5.92 Å². The van der Waals surface area contributed by atoms with Gasteiger partial charge in [0.05, 0.1) is 11.0 Å². The summed E-state index contributed by atoms with van der Waals surface area (Å²) in [6.07, 6.45) is 0.408. The fourth-order valence-corrected chi connectivity index (χ4v) is 2.72. The second kappa shape index (κ2) is 6.32. The molecule has 1 heterocycles. The van der Waals surface area contributed by atoms with Crippen LogP contribution >= 0.6 is 0 Å². The van der Waals surface area contributed by atoms with Gasteiger partial charge in [0, 0.05) is 6.54 Å². The Hall–Kier alpha value is -2.13. The molecule has 0 saturated carbocycles. The van der Waals surface area contributed by atoms with E-state index in [9.17, 15) is 5.11 Å². The molecule has 2 aromatic carbocycles. The van der Waals surface area contributed by atoms with Gasteiger partial charge in [0.1, 0.15) is 11.9 Å². The Balaban J connectivity index is 2.09. The normalized spacial score (nSPS) is 14.1. The number of rotatable bonds is 5. The van der Waals surface area contributed by atoms with Crippen molar-refractivity contribution in [1.29, 1.82) is 0 Å². The number of aliphatic hydroxyl groups excluding tert-OH is 1. The molecule has 22 heavy (non-hydrogen) atoms. The Bertz CT molecular complexity index is 748. The van der Waals surface area contributed by atoms with Crippen molar-refractivity contribution in [2.75, 3.05) is 0 Å². The number of para-hydroxylation sites is 2. The SMILES string of the molecule is CC[C@@H](C)Cn1c([C@H](O)c2ccccc2)nc2ccccc21. The molecule has 0 saturated heterocycles. The quantitative estimate of drug-likeness (QED) is 0.767. The molecule has 1 N–H and O–H groups in total. The molecule has 1 aromatic heterocycles. The lowest BCUT2D eigenvalue weighted by molar-refractivity contribution is 0.203. The zero-order valence-corrected chi connectivity index (χ0v) is 13.1. The van der Waals surface area contributed by atoms with Crippen LogP contribution in [0.2, 0.25) is 0 Å². The van der Waals surface area contributed by atoms with E-state index in [1.165, 1.54) is 0 Å². The van der Waals surface area contributed by atoms with E-state index in [-0.39, 0.29) is 0 Å². The summed E-state index contributed by atoms with van der Waals surface area (Å²) in [5, 5.41) is 10.8. The van der Waals surface area contributed by atoms with E-state index < -0.39 is 6.10 Å². The summed E-state index contributed by atoms with van der Waals surface area (Å²) in [4.78, 5) is 4.69. The monoisotopic (exact) mass is 294 g/mol. The predicted octanol–water partition coefficient (Wildman–Crippen LogP) is 4.16. The Labute approximate surface area is 131 Å². The van der Waals surface area contributed by atoms with Gasteiger partial charge in [-0.2, -0.15) is 0 Å². The first-order chi connectivity index (χ1) is 10.7. The van der Waals surface area contributed by atoms with Crippen LogP contribution in [0.25, 0.3) is 11.0 Å². The van der Waals surface area contributed by atoms with E-state index in [2.05, 4.69) is 29.5 Å². The second-order valence-corrected chi connectivity index (χ2v) is 5.90. The lowest BCUT2D eigenvalue weighted by atomic mass is 10.1. The van der Waals surface area contributed by atoms with Crippen molar-refractivity contribution in [2.45, 2.75) is 32.9 Å². The van der Waals surface area contributed by atoms with E-state index in [4.69, 9.17) is 0 Å². The van der Waals surface area contributed by atoms with Crippen LogP contribution in [0.1, 0.15) is 37.8 Å². The van der Waals surface area contributed by atoms with Crippen molar-refractivity contribution in [2.24, 2.45) is 5.92 Å². The van der Waals surface area contributed by atoms with Gasteiger partial charge < -0.3 is 9.67 Å². The van der Waals surface area contributed by atoms with Crippen LogP contribution in [0.15, 0.2) is 54.6 Å². The molecule has 0 spiro atoms. The van der Waals surface area contributed by atoms with Crippen molar-refractivity contribution in [3.8, 4) is 0 Å². The molecule has 0 amide bonds. The number of imidazole rings is 1. The Morgan fingerprint density at radius 3 is 2.45 bits per heavy atom. The highest BCUT2D eigenvalue weighted by molar-refractivity contribution is 5.76. The minimum atomic E-state index is -0.697. The molecule has 3 rings (SSSR count). The molecule has 3 heteroatoms. The highest BCUT2D eigenvalue weighted by Gasteiger charge is 2.20. The molecule has 3 nitrogen and oxygen atoms in total. The smallest absolute Gasteiger partial charge is 0.143 e. The minimum absolute atomic E-state index is 0.541. The largest absolute Gasteiger partial charge is 0.380 e. The molecular formula is C19H22N2O. The third-order valence-corrected chi connectivity index (χ3v) is 4.24. The van der Waals surface area contributed by atoms with E-state index >= 15 is 0 Å². The number of benzene rings is 2. The van der Waals surface area contributed by atoms with Crippen LogP contribution in [-0.4, -0.2) is 14.7 Å². The summed E-state index contributed by atoms with van der Waals surface area (Å²) in [6.45, 7) is 5.29. The van der Waals surface area contributed by atoms with Gasteiger partial charge in [-0.1, -0.05) is 62.7 Å². The summed E-state index contributed by atoms with van der Waals surface area (Å²) >= 11 is 0. The lowest BCUT2D eigenvalue weighted by Gasteiger charge is -2.17. The zero-order valence-electron chi connectivity index (χ0n) is 13.1. The van der Waals surface area contributed by atoms with Gasteiger partial charge in [-0.15, -0.1) is 0 Å². The van der Waals surface area contributed by atoms with Crippen molar-refractivity contribution >= 4 is 11.0 Å². The number of hydrogen-bond donors (Lipinski definition) is 1. The molecule has 0 aliphatic rings. The maximum Gasteiger partial charge on any atom is 0.143 e. The molecule has 114 valence electrons. The number of fused-ring (bicyclic) bond motifs is 1. The molecule has 0 aliphatic carbocycles. The Morgan fingerprint density at radius 1 is 1.05 bits per heavy atom. The number of nitrogens with zero attached hydrogens (tertiary/aromatic N) is 2. The van der Waals surface area contributed by atoms with Crippen LogP contribution in [0, 0.1) is 5.92 Å². The van der Waals surface area contributed by atoms with Crippen LogP contribution < -0.4 is 0 Å². The maximum absolute atomic E-state index is 10.8. The molecule has 0 fully saturated rings. The highest BCUT2D eigenvalue weighted by Crippen LogP contribution is 2.26. The van der Waals surface area contributed by atoms with Crippen LogP contribution in [-0.2, 0) is 6.54 Å². The van der Waals surface area contributed by atoms with Crippen LogP contribution in [0.5, 0.6) is 0 Å². The second-order valence-electron chi connectivity index (χ2n) is 5.90. The number of hydrogen-bond acceptors (Lipinski definition) is 2. The maximum atomic E-state index is 10.8. The highest BCUT2D eigenvalue weighted by atomic mass is 16.3. The predicted molar refractivity (Wildman–Crippen MR) is 89.7 cm³/mol. The Kier molecular flexibility index (Phi) is 4.25. The lowest BCUT2D eigenvalue weighted by Crippen LogP contribution is -2.14. The van der Waals surface area contributed by atoms with Gasteiger partial charge >= 0.3 is 0 Å². The Morgan fingerprint density at radius 2 is 1.73 bits per heavy atom. The van der Waals surface area contributed by atoms with E-state index in [0.717, 1.165) is 35.4 Å². The fourth-order valence-electron chi connectivity index (χ4n) is 2.72. The number of aromatic nitrogens is 2. The van der Waals surface area contributed by atoms with Crippen molar-refractivity contribution in [1.82, 2.24) is 9.55 Å². The van der Waals surface area contributed by atoms with E-state index in [1.54, 1.807) is 0 Å². The molecule has 2 atom stereocenters. The van der Waals surface area contributed by atoms with Gasteiger partial charge in [0.25, 0.3) is 0 Å². The molecular weight excluding hydrogens is 272 g/mol. The zero-order chi connectivity index (χ0) is 15.5. The van der Waals surface area contributed by atoms with Gasteiger partial charge in [-0.05, 0) is 23.6 Å². The van der Waals surface area contributed by atoms with Crippen molar-refractivity contribution in [3.63, 3.8) is 0 Å². The summed E-state index contributed by atoms with van der Waals surface area (Å²) in [6, 6.07) is 17.8. The first-order valence-electron chi connectivity index (χ1n) is 7.89. The minimum Gasteiger partial charge on any atom is -0.380 e. The van der Waals surface area contributed by atoms with Crippen molar-refractivity contribution < 1.29 is 5.11 Å². The molecule has 3 aromatic rings. The van der Waals surface area contributed by atoms with E-state index in [1.807, 2.05) is 48.5 Å². The summed E-state index contributed by atoms with van der Waals surface area (Å²) < 4.78 is 2.17. The molecule has 0 unspecified atom stereocenters. The van der Waals surface area contributed by atoms with Crippen LogP contribution in [0.3, 0.4) is 0 Å².